The van der Waals surface area contributed by atoms with Crippen LogP contribution in [0.1, 0.15) is 18.5 Å². The van der Waals surface area contributed by atoms with Gasteiger partial charge in [-0.1, -0.05) is 0 Å². The summed E-state index contributed by atoms with van der Waals surface area (Å²) in [5.41, 5.74) is 6.75. The zero-order valence-electron chi connectivity index (χ0n) is 10.4. The molecule has 1 aliphatic heterocycles. The zero-order valence-corrected chi connectivity index (χ0v) is 11.2. The number of thiazole rings is 1. The van der Waals surface area contributed by atoms with Crippen molar-refractivity contribution in [3.63, 3.8) is 0 Å². The Labute approximate surface area is 107 Å². The van der Waals surface area contributed by atoms with Gasteiger partial charge >= 0.3 is 0 Å². The van der Waals surface area contributed by atoms with Gasteiger partial charge in [0.25, 0.3) is 0 Å². The van der Waals surface area contributed by atoms with E-state index in [1.807, 2.05) is 0 Å². The topological polar surface area (TPSA) is 51.4 Å². The van der Waals surface area contributed by atoms with Crippen molar-refractivity contribution < 1.29 is 4.74 Å². The molecule has 17 heavy (non-hydrogen) atoms. The second-order valence-electron chi connectivity index (χ2n) is 4.69. The Morgan fingerprint density at radius 3 is 3.24 bits per heavy atom. The number of rotatable bonds is 5. The predicted molar refractivity (Wildman–Crippen MR) is 71.3 cm³/mol. The second kappa shape index (κ2) is 6.33. The quantitative estimate of drug-likeness (QED) is 0.869. The van der Waals surface area contributed by atoms with Crippen LogP contribution < -0.4 is 5.73 Å². The minimum Gasteiger partial charge on any atom is -0.384 e. The first-order chi connectivity index (χ1) is 8.28. The molecular weight excluding hydrogens is 234 g/mol. The number of likely N-dealkylation sites (tertiary alicyclic amines) is 1. The fraction of sp³-hybridized carbons (Fsp3) is 0.750. The van der Waals surface area contributed by atoms with Gasteiger partial charge in [-0.3, -0.25) is 0 Å². The van der Waals surface area contributed by atoms with E-state index < -0.39 is 0 Å². The lowest BCUT2D eigenvalue weighted by molar-refractivity contribution is 0.0911. The predicted octanol–water partition coefficient (Wildman–Crippen LogP) is 1.63. The molecule has 1 fully saturated rings. The van der Waals surface area contributed by atoms with E-state index in [2.05, 4.69) is 15.3 Å². The van der Waals surface area contributed by atoms with E-state index in [1.165, 1.54) is 30.7 Å². The van der Waals surface area contributed by atoms with Gasteiger partial charge in [0, 0.05) is 32.0 Å². The molecule has 0 amide bonds. The van der Waals surface area contributed by atoms with Gasteiger partial charge in [-0.05, 0) is 25.3 Å². The van der Waals surface area contributed by atoms with E-state index in [9.17, 15) is 0 Å². The van der Waals surface area contributed by atoms with Gasteiger partial charge in [-0.2, -0.15) is 0 Å². The number of ether oxygens (including phenoxy) is 1. The molecule has 5 heteroatoms. The summed E-state index contributed by atoms with van der Waals surface area (Å²) in [4.78, 5) is 6.81. The Morgan fingerprint density at radius 2 is 2.53 bits per heavy atom. The third kappa shape index (κ3) is 3.94. The third-order valence-corrected chi connectivity index (χ3v) is 3.98. The average molecular weight is 255 g/mol. The molecule has 2 N–H and O–H groups in total. The summed E-state index contributed by atoms with van der Waals surface area (Å²) in [6, 6.07) is 0. The number of aromatic nitrogens is 1. The average Bonchev–Trinajstić information content (AvgIpc) is 2.74. The van der Waals surface area contributed by atoms with Crippen LogP contribution >= 0.6 is 11.3 Å². The molecule has 1 atom stereocenters. The van der Waals surface area contributed by atoms with Crippen LogP contribution in [0.25, 0.3) is 0 Å². The van der Waals surface area contributed by atoms with E-state index in [0.717, 1.165) is 31.8 Å². The van der Waals surface area contributed by atoms with Crippen LogP contribution in [-0.4, -0.2) is 43.2 Å². The van der Waals surface area contributed by atoms with Crippen molar-refractivity contribution in [1.29, 1.82) is 0 Å². The largest absolute Gasteiger partial charge is 0.384 e. The van der Waals surface area contributed by atoms with Gasteiger partial charge in [0.1, 0.15) is 0 Å². The van der Waals surface area contributed by atoms with Crippen LogP contribution in [0, 0.1) is 5.92 Å². The Hall–Kier alpha value is -0.650. The molecule has 0 bridgehead atoms. The van der Waals surface area contributed by atoms with Gasteiger partial charge in [0.05, 0.1) is 12.3 Å². The minimum absolute atomic E-state index is 0.677. The molecule has 0 saturated carbocycles. The summed E-state index contributed by atoms with van der Waals surface area (Å²) in [6.07, 6.45) is 3.59. The molecule has 4 nitrogen and oxygen atoms in total. The number of hydrogen-bond donors (Lipinski definition) is 1. The van der Waals surface area contributed by atoms with E-state index in [1.54, 1.807) is 7.11 Å². The first-order valence-corrected chi connectivity index (χ1v) is 7.07. The number of hydrogen-bond acceptors (Lipinski definition) is 5. The van der Waals surface area contributed by atoms with Crippen LogP contribution in [0.5, 0.6) is 0 Å². The Bertz CT molecular complexity index is 340. The van der Waals surface area contributed by atoms with Gasteiger partial charge in [0.2, 0.25) is 0 Å². The highest BCUT2D eigenvalue weighted by Crippen LogP contribution is 2.17. The fourth-order valence-electron chi connectivity index (χ4n) is 2.44. The molecule has 0 aromatic carbocycles. The van der Waals surface area contributed by atoms with E-state index in [-0.39, 0.29) is 0 Å². The van der Waals surface area contributed by atoms with Crippen LogP contribution in [0.2, 0.25) is 0 Å². The normalized spacial score (nSPS) is 21.8. The standard InChI is InChI=1S/C12H21N3OS/c1-16-8-10-3-2-5-15(7-10)6-4-11-9-17-12(13)14-11/h9-10H,2-8H2,1H3,(H2,13,14). The second-order valence-corrected chi connectivity index (χ2v) is 5.58. The van der Waals surface area contributed by atoms with Crippen LogP contribution in [0.3, 0.4) is 0 Å². The van der Waals surface area contributed by atoms with Gasteiger partial charge < -0.3 is 15.4 Å². The molecule has 1 unspecified atom stereocenters. The number of methoxy groups -OCH3 is 1. The Morgan fingerprint density at radius 1 is 1.65 bits per heavy atom. The summed E-state index contributed by atoms with van der Waals surface area (Å²) in [5, 5.41) is 2.74. The van der Waals surface area contributed by atoms with Crippen LogP contribution in [0.4, 0.5) is 5.13 Å². The first kappa shape index (κ1) is 12.8. The van der Waals surface area contributed by atoms with E-state index in [4.69, 9.17) is 10.5 Å². The van der Waals surface area contributed by atoms with Crippen molar-refractivity contribution in [1.82, 2.24) is 9.88 Å². The lowest BCUT2D eigenvalue weighted by atomic mass is 9.99. The minimum atomic E-state index is 0.677. The molecule has 2 rings (SSSR count). The summed E-state index contributed by atoms with van der Waals surface area (Å²) < 4.78 is 5.24. The van der Waals surface area contributed by atoms with Crippen LogP contribution in [0.15, 0.2) is 5.38 Å². The SMILES string of the molecule is COCC1CCCN(CCc2csc(N)n2)C1. The number of anilines is 1. The molecule has 0 spiro atoms. The highest BCUT2D eigenvalue weighted by Gasteiger charge is 2.19. The lowest BCUT2D eigenvalue weighted by Crippen LogP contribution is -2.38. The smallest absolute Gasteiger partial charge is 0.180 e. The molecule has 1 aromatic heterocycles. The molecule has 1 aromatic rings. The maximum absolute atomic E-state index is 5.63. The van der Waals surface area contributed by atoms with Gasteiger partial charge in [-0.25, -0.2) is 4.98 Å². The maximum atomic E-state index is 5.63. The van der Waals surface area contributed by atoms with Crippen LogP contribution in [-0.2, 0) is 11.2 Å². The third-order valence-electron chi connectivity index (χ3n) is 3.26. The number of nitrogen functional groups attached to an aromatic ring is 1. The zero-order chi connectivity index (χ0) is 12.1. The molecule has 0 radical (unpaired) electrons. The first-order valence-electron chi connectivity index (χ1n) is 6.19. The van der Waals surface area contributed by atoms with Gasteiger partial charge in [0.15, 0.2) is 5.13 Å². The number of nitrogens with two attached hydrogens (primary N) is 1. The molecule has 0 aliphatic carbocycles. The van der Waals surface area contributed by atoms with Gasteiger partial charge in [-0.15, -0.1) is 11.3 Å². The van der Waals surface area contributed by atoms with Crippen molar-refractivity contribution in [2.24, 2.45) is 5.92 Å². The maximum Gasteiger partial charge on any atom is 0.180 e. The summed E-state index contributed by atoms with van der Waals surface area (Å²) in [7, 11) is 1.79. The van der Waals surface area contributed by atoms with Crippen molar-refractivity contribution >= 4 is 16.5 Å². The van der Waals surface area contributed by atoms with Crippen molar-refractivity contribution in [3.05, 3.63) is 11.1 Å². The number of nitrogens with zero attached hydrogens (tertiary/aromatic N) is 2. The molecular formula is C12H21N3OS. The highest BCUT2D eigenvalue weighted by atomic mass is 32.1. The summed E-state index contributed by atoms with van der Waals surface area (Å²) >= 11 is 1.53. The summed E-state index contributed by atoms with van der Waals surface area (Å²) in [6.45, 7) is 4.34. The molecule has 1 saturated heterocycles. The molecule has 1 aliphatic rings. The molecule has 2 heterocycles. The van der Waals surface area contributed by atoms with Crippen molar-refractivity contribution in [3.8, 4) is 0 Å². The number of piperidine rings is 1. The summed E-state index contributed by atoms with van der Waals surface area (Å²) in [5.74, 6) is 0.703. The monoisotopic (exact) mass is 255 g/mol. The fourth-order valence-corrected chi connectivity index (χ4v) is 3.03. The van der Waals surface area contributed by atoms with E-state index >= 15 is 0 Å². The Kier molecular flexibility index (Phi) is 4.76. The Balaban J connectivity index is 1.75. The molecule has 96 valence electrons. The lowest BCUT2D eigenvalue weighted by Gasteiger charge is -2.32. The van der Waals surface area contributed by atoms with E-state index in [0.29, 0.717) is 11.0 Å². The highest BCUT2D eigenvalue weighted by molar-refractivity contribution is 7.13. The van der Waals surface area contributed by atoms with Crippen molar-refractivity contribution in [2.45, 2.75) is 19.3 Å². The van der Waals surface area contributed by atoms with Crippen molar-refractivity contribution in [2.75, 3.05) is 39.1 Å².